The number of esters is 1. The number of methoxy groups -OCH3 is 1. The fourth-order valence-corrected chi connectivity index (χ4v) is 1.76. The van der Waals surface area contributed by atoms with E-state index >= 15 is 0 Å². The highest BCUT2D eigenvalue weighted by Crippen LogP contribution is 2.12. The van der Waals surface area contributed by atoms with Gasteiger partial charge in [0.15, 0.2) is 5.82 Å². The molecule has 118 valence electrons. The second-order valence-corrected chi connectivity index (χ2v) is 4.62. The summed E-state index contributed by atoms with van der Waals surface area (Å²) < 4.78 is 17.2. The fraction of sp³-hybridized carbons (Fsp3) is 0.400. The van der Waals surface area contributed by atoms with Crippen LogP contribution in [0.1, 0.15) is 22.0 Å². The molecule has 0 atom stereocenters. The van der Waals surface area contributed by atoms with Crippen LogP contribution in [0.25, 0.3) is 0 Å². The molecule has 0 bridgehead atoms. The van der Waals surface area contributed by atoms with Crippen LogP contribution in [0.2, 0.25) is 0 Å². The molecule has 1 aromatic heterocycles. The molecule has 0 amide bonds. The molecule has 0 fully saturated rings. The average Bonchev–Trinajstić information content (AvgIpc) is 2.85. The van der Waals surface area contributed by atoms with Gasteiger partial charge in [-0.15, -0.1) is 0 Å². The van der Waals surface area contributed by atoms with Crippen molar-refractivity contribution in [3.8, 4) is 5.75 Å². The summed E-state index contributed by atoms with van der Waals surface area (Å²) in [5.74, 6) is 1.74. The summed E-state index contributed by atoms with van der Waals surface area (Å²) in [5.41, 5.74) is 0.475. The predicted molar refractivity (Wildman–Crippen MR) is 78.7 cm³/mol. The first kappa shape index (κ1) is 16.0. The van der Waals surface area contributed by atoms with Crippen molar-refractivity contribution in [3.63, 3.8) is 0 Å². The normalized spacial score (nSPS) is 10.5. The maximum atomic E-state index is 11.8. The molecule has 0 radical (unpaired) electrons. The Bertz CT molecular complexity index is 603. The first-order valence-electron chi connectivity index (χ1n) is 6.85. The van der Waals surface area contributed by atoms with Gasteiger partial charge in [-0.1, -0.05) is 0 Å². The molecule has 0 N–H and O–H groups in total. The van der Waals surface area contributed by atoms with Gasteiger partial charge in [0.2, 0.25) is 0 Å². The summed E-state index contributed by atoms with van der Waals surface area (Å²) in [5, 5.41) is 4.17. The maximum absolute atomic E-state index is 11.8. The Hall–Kier alpha value is -2.41. The molecule has 1 heterocycles. The van der Waals surface area contributed by atoms with Gasteiger partial charge in [0, 0.05) is 7.05 Å². The number of carbonyl (C=O) groups excluding carboxylic acids is 1. The zero-order valence-electron chi connectivity index (χ0n) is 12.9. The zero-order chi connectivity index (χ0) is 15.9. The third-order valence-corrected chi connectivity index (χ3v) is 3.04. The highest BCUT2D eigenvalue weighted by molar-refractivity contribution is 5.89. The topological polar surface area (TPSA) is 75.5 Å². The summed E-state index contributed by atoms with van der Waals surface area (Å²) in [4.78, 5) is 16.0. The number of aryl methyl sites for hydroxylation is 2. The monoisotopic (exact) mass is 305 g/mol. The second-order valence-electron chi connectivity index (χ2n) is 4.62. The lowest BCUT2D eigenvalue weighted by molar-refractivity contribution is 0.0278. The van der Waals surface area contributed by atoms with Crippen molar-refractivity contribution < 1.29 is 19.0 Å². The Morgan fingerprint density at radius 3 is 2.55 bits per heavy atom. The summed E-state index contributed by atoms with van der Waals surface area (Å²) >= 11 is 0. The molecule has 0 saturated heterocycles. The van der Waals surface area contributed by atoms with Crippen molar-refractivity contribution in [2.75, 3.05) is 20.3 Å². The van der Waals surface area contributed by atoms with E-state index in [0.29, 0.717) is 30.4 Å². The minimum atomic E-state index is -0.391. The van der Waals surface area contributed by atoms with E-state index in [2.05, 4.69) is 10.1 Å². The van der Waals surface area contributed by atoms with Crippen molar-refractivity contribution >= 4 is 5.97 Å². The number of hydrogen-bond acceptors (Lipinski definition) is 6. The Morgan fingerprint density at radius 1 is 1.23 bits per heavy atom. The van der Waals surface area contributed by atoms with E-state index in [1.807, 2.05) is 14.0 Å². The standard InChI is InChI=1S/C15H19N3O4/c1-11-16-14(17-18(11)2)10-21-8-9-22-15(19)12-4-6-13(20-3)7-5-12/h4-7H,8-10H2,1-3H3. The van der Waals surface area contributed by atoms with E-state index in [4.69, 9.17) is 14.2 Å². The van der Waals surface area contributed by atoms with Gasteiger partial charge in [-0.2, -0.15) is 5.10 Å². The molecule has 0 aliphatic rings. The molecular formula is C15H19N3O4. The first-order chi connectivity index (χ1) is 10.6. The van der Waals surface area contributed by atoms with E-state index in [-0.39, 0.29) is 6.61 Å². The van der Waals surface area contributed by atoms with Gasteiger partial charge in [0.25, 0.3) is 0 Å². The Kier molecular flexibility index (Phi) is 5.48. The molecule has 22 heavy (non-hydrogen) atoms. The van der Waals surface area contributed by atoms with Gasteiger partial charge in [0.05, 0.1) is 19.3 Å². The molecule has 0 unspecified atom stereocenters. The first-order valence-corrected chi connectivity index (χ1v) is 6.85. The summed E-state index contributed by atoms with van der Waals surface area (Å²) in [6, 6.07) is 6.73. The molecule has 0 aliphatic heterocycles. The fourth-order valence-electron chi connectivity index (χ4n) is 1.76. The van der Waals surface area contributed by atoms with Crippen LogP contribution in [0.3, 0.4) is 0 Å². The van der Waals surface area contributed by atoms with E-state index in [9.17, 15) is 4.79 Å². The van der Waals surface area contributed by atoms with Crippen molar-refractivity contribution in [1.82, 2.24) is 14.8 Å². The van der Waals surface area contributed by atoms with Crippen molar-refractivity contribution in [1.29, 1.82) is 0 Å². The van der Waals surface area contributed by atoms with Gasteiger partial charge in [-0.25, -0.2) is 9.78 Å². The summed E-state index contributed by atoms with van der Waals surface area (Å²) in [7, 11) is 3.39. The third-order valence-electron chi connectivity index (χ3n) is 3.04. The number of rotatable bonds is 7. The van der Waals surface area contributed by atoms with Gasteiger partial charge < -0.3 is 14.2 Å². The molecule has 0 spiro atoms. The molecule has 1 aromatic carbocycles. The third kappa shape index (κ3) is 4.29. The van der Waals surface area contributed by atoms with Crippen LogP contribution in [0.15, 0.2) is 24.3 Å². The lowest BCUT2D eigenvalue weighted by Gasteiger charge is -2.06. The number of hydrogen-bond donors (Lipinski definition) is 0. The minimum absolute atomic E-state index is 0.177. The molecule has 0 saturated carbocycles. The molecule has 7 nitrogen and oxygen atoms in total. The predicted octanol–water partition coefficient (Wildman–Crippen LogP) is 1.51. The second kappa shape index (κ2) is 7.56. The number of nitrogens with zero attached hydrogens (tertiary/aromatic N) is 3. The van der Waals surface area contributed by atoms with Crippen LogP contribution in [0.5, 0.6) is 5.75 Å². The SMILES string of the molecule is COc1ccc(C(=O)OCCOCc2nc(C)n(C)n2)cc1. The molecular weight excluding hydrogens is 286 g/mol. The van der Waals surface area contributed by atoms with Crippen LogP contribution in [-0.4, -0.2) is 41.1 Å². The Morgan fingerprint density at radius 2 is 1.95 bits per heavy atom. The van der Waals surface area contributed by atoms with E-state index in [1.165, 1.54) is 0 Å². The van der Waals surface area contributed by atoms with Gasteiger partial charge in [-0.05, 0) is 31.2 Å². The van der Waals surface area contributed by atoms with Crippen LogP contribution in [-0.2, 0) is 23.1 Å². The van der Waals surface area contributed by atoms with Crippen LogP contribution in [0, 0.1) is 6.92 Å². The number of carbonyl (C=O) groups is 1. The van der Waals surface area contributed by atoms with E-state index in [0.717, 1.165) is 5.82 Å². The van der Waals surface area contributed by atoms with Crippen LogP contribution >= 0.6 is 0 Å². The number of ether oxygens (including phenoxy) is 3. The summed E-state index contributed by atoms with van der Waals surface area (Å²) in [6.07, 6.45) is 0. The summed E-state index contributed by atoms with van der Waals surface area (Å²) in [6.45, 7) is 2.63. The molecule has 0 aliphatic carbocycles. The van der Waals surface area contributed by atoms with Gasteiger partial charge in [-0.3, -0.25) is 4.68 Å². The molecule has 7 heteroatoms. The van der Waals surface area contributed by atoms with Crippen molar-refractivity contribution in [2.45, 2.75) is 13.5 Å². The lowest BCUT2D eigenvalue weighted by Crippen LogP contribution is -2.11. The highest BCUT2D eigenvalue weighted by atomic mass is 16.6. The van der Waals surface area contributed by atoms with E-state index in [1.54, 1.807) is 36.1 Å². The van der Waals surface area contributed by atoms with Crippen molar-refractivity contribution in [2.24, 2.45) is 7.05 Å². The average molecular weight is 305 g/mol. The van der Waals surface area contributed by atoms with Crippen molar-refractivity contribution in [3.05, 3.63) is 41.5 Å². The maximum Gasteiger partial charge on any atom is 0.338 e. The highest BCUT2D eigenvalue weighted by Gasteiger charge is 2.07. The largest absolute Gasteiger partial charge is 0.497 e. The van der Waals surface area contributed by atoms with Crippen LogP contribution in [0.4, 0.5) is 0 Å². The molecule has 2 rings (SSSR count). The Balaban J connectivity index is 1.68. The smallest absolute Gasteiger partial charge is 0.338 e. The zero-order valence-corrected chi connectivity index (χ0v) is 12.9. The number of benzene rings is 1. The minimum Gasteiger partial charge on any atom is -0.497 e. The Labute approximate surface area is 128 Å². The lowest BCUT2D eigenvalue weighted by atomic mass is 10.2. The van der Waals surface area contributed by atoms with Gasteiger partial charge >= 0.3 is 5.97 Å². The van der Waals surface area contributed by atoms with Gasteiger partial charge in [0.1, 0.15) is 24.8 Å². The van der Waals surface area contributed by atoms with E-state index < -0.39 is 5.97 Å². The quantitative estimate of drug-likeness (QED) is 0.570. The number of aromatic nitrogens is 3. The molecule has 2 aromatic rings. The van der Waals surface area contributed by atoms with Crippen LogP contribution < -0.4 is 4.74 Å².